The molecular weight excluding hydrogens is 264 g/mol. The summed E-state index contributed by atoms with van der Waals surface area (Å²) in [6, 6.07) is 5.69. The second kappa shape index (κ2) is 6.08. The minimum absolute atomic E-state index is 0.160. The van der Waals surface area contributed by atoms with Crippen molar-refractivity contribution in [3.8, 4) is 0 Å². The fourth-order valence-corrected chi connectivity index (χ4v) is 2.95. The summed E-state index contributed by atoms with van der Waals surface area (Å²) in [6.45, 7) is 1.60. The smallest absolute Gasteiger partial charge is 0.228 e. The van der Waals surface area contributed by atoms with Crippen LogP contribution >= 0.6 is 0 Å². The van der Waals surface area contributed by atoms with Crippen molar-refractivity contribution >= 4 is 5.91 Å². The summed E-state index contributed by atoms with van der Waals surface area (Å²) in [5.74, 6) is 1.57. The Morgan fingerprint density at radius 1 is 1.33 bits per heavy atom. The molecule has 1 saturated heterocycles. The highest BCUT2D eigenvalue weighted by Crippen LogP contribution is 2.25. The van der Waals surface area contributed by atoms with Gasteiger partial charge in [-0.25, -0.2) is 4.98 Å². The van der Waals surface area contributed by atoms with E-state index in [9.17, 15) is 4.79 Å². The number of amides is 1. The summed E-state index contributed by atoms with van der Waals surface area (Å²) >= 11 is 0. The van der Waals surface area contributed by atoms with Gasteiger partial charge >= 0.3 is 0 Å². The average Bonchev–Trinajstić information content (AvgIpc) is 2.94. The molecule has 2 aromatic heterocycles. The molecule has 0 aromatic carbocycles. The summed E-state index contributed by atoms with van der Waals surface area (Å²) in [7, 11) is 2.01. The molecule has 0 spiro atoms. The van der Waals surface area contributed by atoms with Gasteiger partial charge in [0.25, 0.3) is 0 Å². The highest BCUT2D eigenvalue weighted by atomic mass is 16.2. The van der Waals surface area contributed by atoms with Gasteiger partial charge < -0.3 is 9.47 Å². The first-order valence-electron chi connectivity index (χ1n) is 7.39. The Balaban J connectivity index is 1.66. The molecule has 3 heterocycles. The van der Waals surface area contributed by atoms with Crippen LogP contribution < -0.4 is 0 Å². The summed E-state index contributed by atoms with van der Waals surface area (Å²) in [6.07, 6.45) is 8.03. The third kappa shape index (κ3) is 3.12. The largest absolute Gasteiger partial charge is 0.342 e. The number of carbonyl (C=O) groups is 1. The molecule has 0 radical (unpaired) electrons. The average molecular weight is 284 g/mol. The number of carbonyl (C=O) groups excluding carboxylic acids is 1. The number of likely N-dealkylation sites (tertiary alicyclic amines) is 1. The summed E-state index contributed by atoms with van der Waals surface area (Å²) < 4.78 is 2.05. The predicted octanol–water partition coefficient (Wildman–Crippen LogP) is 1.76. The number of hydrogen-bond acceptors (Lipinski definition) is 3. The van der Waals surface area contributed by atoms with Crippen molar-refractivity contribution < 1.29 is 4.79 Å². The van der Waals surface area contributed by atoms with Crippen LogP contribution in [0, 0.1) is 0 Å². The molecular formula is C16H20N4O. The number of hydrogen-bond donors (Lipinski definition) is 0. The number of rotatable bonds is 3. The molecule has 1 aliphatic rings. The lowest BCUT2D eigenvalue weighted by Crippen LogP contribution is -2.40. The molecule has 1 amide bonds. The van der Waals surface area contributed by atoms with Crippen LogP contribution in [0.4, 0.5) is 0 Å². The molecule has 0 aliphatic carbocycles. The summed E-state index contributed by atoms with van der Waals surface area (Å²) in [4.78, 5) is 23.0. The van der Waals surface area contributed by atoms with Crippen LogP contribution in [0.1, 0.15) is 30.3 Å². The maximum absolute atomic E-state index is 12.4. The van der Waals surface area contributed by atoms with E-state index in [0.717, 1.165) is 37.4 Å². The first kappa shape index (κ1) is 13.8. The maximum atomic E-state index is 12.4. The summed E-state index contributed by atoms with van der Waals surface area (Å²) in [5, 5.41) is 0. The molecule has 3 rings (SSSR count). The van der Waals surface area contributed by atoms with Gasteiger partial charge in [0.05, 0.1) is 6.42 Å². The van der Waals surface area contributed by atoms with Gasteiger partial charge in [0.1, 0.15) is 5.82 Å². The molecule has 0 bridgehead atoms. The lowest BCUT2D eigenvalue weighted by molar-refractivity contribution is -0.131. The lowest BCUT2D eigenvalue weighted by atomic mass is 9.96. The normalized spacial score (nSPS) is 18.7. The van der Waals surface area contributed by atoms with E-state index in [0.29, 0.717) is 12.3 Å². The van der Waals surface area contributed by atoms with Crippen molar-refractivity contribution in [2.24, 2.45) is 7.05 Å². The van der Waals surface area contributed by atoms with Crippen LogP contribution in [0.5, 0.6) is 0 Å². The standard InChI is InChI=1S/C16H20N4O/c1-19-10-8-18-16(19)13-5-4-9-20(12-13)15(21)11-14-6-2-3-7-17-14/h2-3,6-8,10,13H,4-5,9,11-12H2,1H3/t13-/m0/s1. The van der Waals surface area contributed by atoms with Crippen molar-refractivity contribution in [3.05, 3.63) is 48.3 Å². The topological polar surface area (TPSA) is 51.0 Å². The van der Waals surface area contributed by atoms with E-state index in [-0.39, 0.29) is 5.91 Å². The van der Waals surface area contributed by atoms with Crippen LogP contribution in [0.25, 0.3) is 0 Å². The van der Waals surface area contributed by atoms with Crippen molar-refractivity contribution in [3.63, 3.8) is 0 Å². The monoisotopic (exact) mass is 284 g/mol. The van der Waals surface area contributed by atoms with Gasteiger partial charge in [-0.1, -0.05) is 6.07 Å². The van der Waals surface area contributed by atoms with Crippen LogP contribution in [-0.2, 0) is 18.3 Å². The molecule has 1 aliphatic heterocycles. The van der Waals surface area contributed by atoms with Gasteiger partial charge in [-0.2, -0.15) is 0 Å². The highest BCUT2D eigenvalue weighted by molar-refractivity contribution is 5.78. The molecule has 5 nitrogen and oxygen atoms in total. The molecule has 5 heteroatoms. The second-order valence-corrected chi connectivity index (χ2v) is 5.57. The van der Waals surface area contributed by atoms with E-state index in [1.54, 1.807) is 6.20 Å². The van der Waals surface area contributed by atoms with Gasteiger partial charge in [-0.05, 0) is 25.0 Å². The van der Waals surface area contributed by atoms with Crippen LogP contribution in [0.3, 0.4) is 0 Å². The third-order valence-corrected chi connectivity index (χ3v) is 4.06. The highest BCUT2D eigenvalue weighted by Gasteiger charge is 2.26. The van der Waals surface area contributed by atoms with Crippen molar-refractivity contribution in [2.45, 2.75) is 25.2 Å². The fraction of sp³-hybridized carbons (Fsp3) is 0.438. The summed E-state index contributed by atoms with van der Waals surface area (Å²) in [5.41, 5.74) is 0.835. The third-order valence-electron chi connectivity index (χ3n) is 4.06. The molecule has 1 fully saturated rings. The number of pyridine rings is 1. The lowest BCUT2D eigenvalue weighted by Gasteiger charge is -2.32. The van der Waals surface area contributed by atoms with Gasteiger partial charge in [-0.3, -0.25) is 9.78 Å². The maximum Gasteiger partial charge on any atom is 0.228 e. The Bertz CT molecular complexity index is 608. The minimum atomic E-state index is 0.160. The number of aryl methyl sites for hydroxylation is 1. The first-order chi connectivity index (χ1) is 10.2. The Morgan fingerprint density at radius 3 is 2.95 bits per heavy atom. The zero-order valence-corrected chi connectivity index (χ0v) is 12.3. The van der Waals surface area contributed by atoms with E-state index < -0.39 is 0 Å². The Labute approximate surface area is 124 Å². The molecule has 0 unspecified atom stereocenters. The van der Waals surface area contributed by atoms with Gasteiger partial charge in [-0.15, -0.1) is 0 Å². The predicted molar refractivity (Wildman–Crippen MR) is 79.7 cm³/mol. The Hall–Kier alpha value is -2.17. The first-order valence-corrected chi connectivity index (χ1v) is 7.39. The number of aromatic nitrogens is 3. The van der Waals surface area contributed by atoms with Crippen molar-refractivity contribution in [1.82, 2.24) is 19.4 Å². The number of imidazole rings is 1. The van der Waals surface area contributed by atoms with Crippen LogP contribution in [-0.4, -0.2) is 38.4 Å². The minimum Gasteiger partial charge on any atom is -0.342 e. The molecule has 2 aromatic rings. The molecule has 21 heavy (non-hydrogen) atoms. The van der Waals surface area contributed by atoms with Crippen molar-refractivity contribution in [2.75, 3.05) is 13.1 Å². The van der Waals surface area contributed by atoms with Gasteiger partial charge in [0.2, 0.25) is 5.91 Å². The zero-order chi connectivity index (χ0) is 14.7. The van der Waals surface area contributed by atoms with Crippen molar-refractivity contribution in [1.29, 1.82) is 0 Å². The molecule has 0 saturated carbocycles. The SMILES string of the molecule is Cn1ccnc1[C@H]1CCCN(C(=O)Cc2ccccn2)C1. The number of piperidine rings is 1. The fourth-order valence-electron chi connectivity index (χ4n) is 2.95. The second-order valence-electron chi connectivity index (χ2n) is 5.57. The Morgan fingerprint density at radius 2 is 2.24 bits per heavy atom. The molecule has 1 atom stereocenters. The van der Waals surface area contributed by atoms with Crippen LogP contribution in [0.2, 0.25) is 0 Å². The van der Waals surface area contributed by atoms with E-state index in [1.165, 1.54) is 0 Å². The van der Waals surface area contributed by atoms with E-state index in [4.69, 9.17) is 0 Å². The van der Waals surface area contributed by atoms with Gasteiger partial charge in [0, 0.05) is 50.3 Å². The zero-order valence-electron chi connectivity index (χ0n) is 12.3. The Kier molecular flexibility index (Phi) is 3.99. The van der Waals surface area contributed by atoms with E-state index >= 15 is 0 Å². The quantitative estimate of drug-likeness (QED) is 0.863. The van der Waals surface area contributed by atoms with E-state index in [1.807, 2.05) is 42.5 Å². The van der Waals surface area contributed by atoms with Crippen LogP contribution in [0.15, 0.2) is 36.8 Å². The van der Waals surface area contributed by atoms with E-state index in [2.05, 4.69) is 14.5 Å². The number of nitrogens with zero attached hydrogens (tertiary/aromatic N) is 4. The molecule has 110 valence electrons. The van der Waals surface area contributed by atoms with Gasteiger partial charge in [0.15, 0.2) is 0 Å². The molecule has 0 N–H and O–H groups in total.